The Hall–Kier alpha value is -0.670. The first kappa shape index (κ1) is 16.7. The third-order valence-corrected chi connectivity index (χ3v) is 5.49. The summed E-state index contributed by atoms with van der Waals surface area (Å²) >= 11 is 3.46. The first-order chi connectivity index (χ1) is 9.89. The highest BCUT2D eigenvalue weighted by molar-refractivity contribution is 9.10. The topological polar surface area (TPSA) is 20.3 Å². The second-order valence-corrected chi connectivity index (χ2v) is 7.88. The maximum absolute atomic E-state index is 12.3. The van der Waals surface area contributed by atoms with Gasteiger partial charge in [-0.3, -0.25) is 4.79 Å². The Balaban J connectivity index is 1.83. The van der Waals surface area contributed by atoms with Crippen LogP contribution in [-0.4, -0.2) is 30.3 Å². The Morgan fingerprint density at radius 2 is 1.90 bits per heavy atom. The molecule has 0 saturated heterocycles. The molecule has 116 valence electrons. The molecule has 1 saturated carbocycles. The van der Waals surface area contributed by atoms with Gasteiger partial charge in [-0.1, -0.05) is 48.0 Å². The van der Waals surface area contributed by atoms with E-state index in [1.54, 1.807) is 0 Å². The van der Waals surface area contributed by atoms with Crippen LogP contribution in [0, 0.1) is 5.41 Å². The summed E-state index contributed by atoms with van der Waals surface area (Å²) in [4.78, 5) is 14.7. The summed E-state index contributed by atoms with van der Waals surface area (Å²) in [5.74, 6) is 0.227. The minimum atomic E-state index is 0.227. The summed E-state index contributed by atoms with van der Waals surface area (Å²) in [6.07, 6.45) is 5.69. The van der Waals surface area contributed by atoms with Gasteiger partial charge in [0.25, 0.3) is 0 Å². The van der Waals surface area contributed by atoms with Crippen LogP contribution in [0.5, 0.6) is 0 Å². The molecule has 1 aliphatic carbocycles. The second-order valence-electron chi connectivity index (χ2n) is 7.03. The van der Waals surface area contributed by atoms with Crippen molar-refractivity contribution in [1.29, 1.82) is 0 Å². The fraction of sp³-hybridized carbons (Fsp3) is 0.611. The molecule has 21 heavy (non-hydrogen) atoms. The number of carbonyl (C=O) groups is 1. The van der Waals surface area contributed by atoms with Crippen molar-refractivity contribution in [1.82, 2.24) is 4.90 Å². The normalized spacial score (nSPS) is 18.9. The minimum absolute atomic E-state index is 0.227. The van der Waals surface area contributed by atoms with Gasteiger partial charge in [-0.25, -0.2) is 0 Å². The van der Waals surface area contributed by atoms with Gasteiger partial charge in [-0.05, 0) is 44.2 Å². The van der Waals surface area contributed by atoms with Crippen LogP contribution in [-0.2, 0) is 0 Å². The molecule has 2 rings (SSSR count). The molecule has 0 N–H and O–H groups in total. The first-order valence-corrected chi connectivity index (χ1v) is 8.66. The van der Waals surface area contributed by atoms with Crippen molar-refractivity contribution < 1.29 is 4.79 Å². The fourth-order valence-electron chi connectivity index (χ4n) is 3.11. The number of carbonyl (C=O) groups excluding carboxylic acids is 1. The van der Waals surface area contributed by atoms with Crippen LogP contribution in [0.1, 0.15) is 56.3 Å². The number of halogens is 1. The number of hydrogen-bond acceptors (Lipinski definition) is 2. The van der Waals surface area contributed by atoms with Gasteiger partial charge in [0.2, 0.25) is 0 Å². The molecule has 0 spiro atoms. The third-order valence-electron chi connectivity index (χ3n) is 4.80. The molecule has 1 aromatic carbocycles. The lowest BCUT2D eigenvalue weighted by atomic mass is 9.75. The molecular formula is C18H26BrNO. The molecule has 0 aliphatic heterocycles. The van der Waals surface area contributed by atoms with Crippen LogP contribution < -0.4 is 0 Å². The summed E-state index contributed by atoms with van der Waals surface area (Å²) in [6.45, 7) is 5.57. The maximum Gasteiger partial charge on any atom is 0.165 e. The molecule has 2 nitrogen and oxygen atoms in total. The zero-order chi connectivity index (χ0) is 15.5. The standard InChI is InChI=1S/C18H26BrNO/c1-18(2)11-8-14(9-12-18)20(3)13-10-17(21)15-6-4-5-7-16(15)19/h4-7,14H,8-13H2,1-3H3. The van der Waals surface area contributed by atoms with Gasteiger partial charge in [-0.2, -0.15) is 0 Å². The van der Waals surface area contributed by atoms with Crippen molar-refractivity contribution in [2.24, 2.45) is 5.41 Å². The van der Waals surface area contributed by atoms with E-state index in [4.69, 9.17) is 0 Å². The van der Waals surface area contributed by atoms with Gasteiger partial charge in [0.1, 0.15) is 0 Å². The lowest BCUT2D eigenvalue weighted by Crippen LogP contribution is -2.38. The quantitative estimate of drug-likeness (QED) is 0.701. The molecule has 0 heterocycles. The van der Waals surface area contributed by atoms with Crippen LogP contribution in [0.2, 0.25) is 0 Å². The van der Waals surface area contributed by atoms with Gasteiger partial charge in [-0.15, -0.1) is 0 Å². The van der Waals surface area contributed by atoms with Crippen LogP contribution in [0.25, 0.3) is 0 Å². The van der Waals surface area contributed by atoms with E-state index in [0.717, 1.165) is 16.6 Å². The van der Waals surface area contributed by atoms with E-state index in [9.17, 15) is 4.79 Å². The number of benzene rings is 1. The van der Waals surface area contributed by atoms with Crippen LogP contribution in [0.4, 0.5) is 0 Å². The lowest BCUT2D eigenvalue weighted by Gasteiger charge is -2.38. The predicted octanol–water partition coefficient (Wildman–Crippen LogP) is 4.92. The summed E-state index contributed by atoms with van der Waals surface area (Å²) < 4.78 is 0.900. The summed E-state index contributed by atoms with van der Waals surface area (Å²) in [6, 6.07) is 8.34. The summed E-state index contributed by atoms with van der Waals surface area (Å²) in [7, 11) is 2.16. The molecule has 1 aromatic rings. The SMILES string of the molecule is CN(CCC(=O)c1ccccc1Br)C1CCC(C)(C)CC1. The Morgan fingerprint density at radius 3 is 2.52 bits per heavy atom. The van der Waals surface area contributed by atoms with E-state index in [2.05, 4.69) is 41.7 Å². The lowest BCUT2D eigenvalue weighted by molar-refractivity contribution is 0.0924. The Bertz CT molecular complexity index is 488. The number of rotatable bonds is 5. The highest BCUT2D eigenvalue weighted by atomic mass is 79.9. The van der Waals surface area contributed by atoms with Gasteiger partial charge in [0, 0.05) is 29.0 Å². The molecule has 1 aliphatic rings. The van der Waals surface area contributed by atoms with Crippen molar-refractivity contribution in [3.8, 4) is 0 Å². The largest absolute Gasteiger partial charge is 0.303 e. The smallest absolute Gasteiger partial charge is 0.165 e. The van der Waals surface area contributed by atoms with Crippen molar-refractivity contribution in [2.75, 3.05) is 13.6 Å². The van der Waals surface area contributed by atoms with Crippen LogP contribution in [0.3, 0.4) is 0 Å². The van der Waals surface area contributed by atoms with Crippen LogP contribution in [0.15, 0.2) is 28.7 Å². The Labute approximate surface area is 137 Å². The van der Waals surface area contributed by atoms with Gasteiger partial charge in [0.05, 0.1) is 0 Å². The Morgan fingerprint density at radius 1 is 1.29 bits per heavy atom. The minimum Gasteiger partial charge on any atom is -0.303 e. The Kier molecular flexibility index (Phi) is 5.61. The average molecular weight is 352 g/mol. The first-order valence-electron chi connectivity index (χ1n) is 7.87. The fourth-order valence-corrected chi connectivity index (χ4v) is 3.61. The van der Waals surface area contributed by atoms with E-state index in [1.165, 1.54) is 25.7 Å². The number of nitrogens with zero attached hydrogens (tertiary/aromatic N) is 1. The molecular weight excluding hydrogens is 326 g/mol. The predicted molar refractivity (Wildman–Crippen MR) is 91.8 cm³/mol. The van der Waals surface area contributed by atoms with E-state index >= 15 is 0 Å². The van der Waals surface area contributed by atoms with E-state index < -0.39 is 0 Å². The number of ketones is 1. The molecule has 0 radical (unpaired) electrons. The van der Waals surface area contributed by atoms with Gasteiger partial charge >= 0.3 is 0 Å². The van der Waals surface area contributed by atoms with E-state index in [0.29, 0.717) is 17.9 Å². The highest BCUT2D eigenvalue weighted by Gasteiger charge is 2.28. The van der Waals surface area contributed by atoms with Crippen molar-refractivity contribution in [2.45, 2.75) is 52.0 Å². The second kappa shape index (κ2) is 7.06. The van der Waals surface area contributed by atoms with E-state index in [1.807, 2.05) is 24.3 Å². The molecule has 0 atom stereocenters. The van der Waals surface area contributed by atoms with Gasteiger partial charge in [0.15, 0.2) is 5.78 Å². The van der Waals surface area contributed by atoms with Crippen LogP contribution >= 0.6 is 15.9 Å². The zero-order valence-electron chi connectivity index (χ0n) is 13.4. The molecule has 0 aromatic heterocycles. The molecule has 3 heteroatoms. The number of Topliss-reactive ketones (excluding diaryl/α,β-unsaturated/α-hetero) is 1. The molecule has 0 amide bonds. The van der Waals surface area contributed by atoms with Crippen molar-refractivity contribution in [3.05, 3.63) is 34.3 Å². The zero-order valence-corrected chi connectivity index (χ0v) is 14.9. The molecule has 0 unspecified atom stereocenters. The summed E-state index contributed by atoms with van der Waals surface area (Å²) in [5, 5.41) is 0. The maximum atomic E-state index is 12.3. The van der Waals surface area contributed by atoms with Crippen molar-refractivity contribution >= 4 is 21.7 Å². The highest BCUT2D eigenvalue weighted by Crippen LogP contribution is 2.36. The van der Waals surface area contributed by atoms with Crippen molar-refractivity contribution in [3.63, 3.8) is 0 Å². The molecule has 1 fully saturated rings. The number of hydrogen-bond donors (Lipinski definition) is 0. The molecule has 0 bridgehead atoms. The monoisotopic (exact) mass is 351 g/mol. The van der Waals surface area contributed by atoms with Gasteiger partial charge < -0.3 is 4.90 Å². The summed E-state index contributed by atoms with van der Waals surface area (Å²) in [5.41, 5.74) is 1.30. The average Bonchev–Trinajstić information content (AvgIpc) is 2.45. The van der Waals surface area contributed by atoms with E-state index in [-0.39, 0.29) is 5.78 Å². The third kappa shape index (κ3) is 4.65.